The van der Waals surface area contributed by atoms with Crippen molar-refractivity contribution in [3.05, 3.63) is 0 Å². The van der Waals surface area contributed by atoms with Crippen molar-refractivity contribution >= 4 is 11.8 Å². The predicted octanol–water partition coefficient (Wildman–Crippen LogP) is 0.118. The number of ketones is 1. The highest BCUT2D eigenvalue weighted by Gasteiger charge is 2.05. The number of nitrogens with one attached hydrogen (secondary N) is 1. The molecule has 0 heterocycles. The Kier molecular flexibility index (Phi) is 6.28. The normalized spacial score (nSPS) is 9.50. The Morgan fingerprint density at radius 1 is 1.33 bits per heavy atom. The molecular formula is C8H15NO3. The van der Waals surface area contributed by atoms with Crippen LogP contribution in [-0.2, 0) is 14.3 Å². The van der Waals surface area contributed by atoms with Gasteiger partial charge in [-0.05, 0) is 6.54 Å². The van der Waals surface area contributed by atoms with Crippen molar-refractivity contribution in [1.29, 1.82) is 0 Å². The lowest BCUT2D eigenvalue weighted by Crippen LogP contribution is -2.22. The number of hydrogen-bond donors (Lipinski definition) is 1. The molecule has 0 aliphatic heterocycles. The number of carbonyl (C=O) groups excluding carboxylic acids is 2. The maximum Gasteiger partial charge on any atom is 0.305 e. The third kappa shape index (κ3) is 5.85. The van der Waals surface area contributed by atoms with Crippen LogP contribution in [0.5, 0.6) is 0 Å². The van der Waals surface area contributed by atoms with Crippen LogP contribution in [0, 0.1) is 0 Å². The van der Waals surface area contributed by atoms with E-state index in [1.807, 2.05) is 6.92 Å². The Labute approximate surface area is 72.3 Å². The van der Waals surface area contributed by atoms with Gasteiger partial charge in [-0.2, -0.15) is 0 Å². The summed E-state index contributed by atoms with van der Waals surface area (Å²) in [4.78, 5) is 21.5. The SMILES string of the molecule is CCNCC(=O)CCC(=O)OC. The standard InChI is InChI=1S/C8H15NO3/c1-3-9-6-7(10)4-5-8(11)12-2/h9H,3-6H2,1-2H3. The fourth-order valence-corrected chi connectivity index (χ4v) is 0.696. The zero-order valence-electron chi connectivity index (χ0n) is 7.55. The van der Waals surface area contributed by atoms with Crippen LogP contribution in [0.4, 0.5) is 0 Å². The van der Waals surface area contributed by atoms with Crippen molar-refractivity contribution in [2.24, 2.45) is 0 Å². The number of carbonyl (C=O) groups is 2. The third-order valence-electron chi connectivity index (χ3n) is 1.41. The zero-order valence-corrected chi connectivity index (χ0v) is 7.55. The molecule has 0 saturated heterocycles. The van der Waals surface area contributed by atoms with Gasteiger partial charge in [0.25, 0.3) is 0 Å². The second-order valence-electron chi connectivity index (χ2n) is 2.40. The minimum atomic E-state index is -0.333. The first-order valence-electron chi connectivity index (χ1n) is 4.00. The molecule has 0 aromatic carbocycles. The van der Waals surface area contributed by atoms with Crippen molar-refractivity contribution in [2.45, 2.75) is 19.8 Å². The number of hydrogen-bond acceptors (Lipinski definition) is 4. The quantitative estimate of drug-likeness (QED) is 0.579. The number of ether oxygens (including phenoxy) is 1. The Hall–Kier alpha value is -0.900. The molecule has 4 heteroatoms. The molecule has 0 rings (SSSR count). The van der Waals surface area contributed by atoms with E-state index in [2.05, 4.69) is 10.1 Å². The third-order valence-corrected chi connectivity index (χ3v) is 1.41. The number of Topliss-reactive ketones (excluding diaryl/α,β-unsaturated/α-hetero) is 1. The average Bonchev–Trinajstić information content (AvgIpc) is 2.10. The van der Waals surface area contributed by atoms with Crippen LogP contribution in [-0.4, -0.2) is 32.0 Å². The topological polar surface area (TPSA) is 55.4 Å². The van der Waals surface area contributed by atoms with Gasteiger partial charge in [0.1, 0.15) is 5.78 Å². The van der Waals surface area contributed by atoms with E-state index in [9.17, 15) is 9.59 Å². The Bertz CT molecular complexity index is 156. The number of rotatable bonds is 6. The molecule has 0 atom stereocenters. The van der Waals surface area contributed by atoms with Crippen LogP contribution < -0.4 is 5.32 Å². The molecule has 70 valence electrons. The molecule has 0 radical (unpaired) electrons. The first-order chi connectivity index (χ1) is 5.70. The van der Waals surface area contributed by atoms with Gasteiger partial charge >= 0.3 is 5.97 Å². The van der Waals surface area contributed by atoms with E-state index >= 15 is 0 Å². The van der Waals surface area contributed by atoms with Gasteiger partial charge in [0.15, 0.2) is 0 Å². The van der Waals surface area contributed by atoms with Crippen LogP contribution in [0.2, 0.25) is 0 Å². The molecule has 1 N–H and O–H groups in total. The van der Waals surface area contributed by atoms with Crippen molar-refractivity contribution in [3.8, 4) is 0 Å². The van der Waals surface area contributed by atoms with Crippen LogP contribution in [0.1, 0.15) is 19.8 Å². The van der Waals surface area contributed by atoms with Gasteiger partial charge in [-0.25, -0.2) is 0 Å². The molecule has 0 aliphatic rings. The molecule has 12 heavy (non-hydrogen) atoms. The lowest BCUT2D eigenvalue weighted by atomic mass is 10.2. The summed E-state index contributed by atoms with van der Waals surface area (Å²) in [6.07, 6.45) is 0.445. The number of esters is 1. The molecular weight excluding hydrogens is 158 g/mol. The average molecular weight is 173 g/mol. The molecule has 0 amide bonds. The van der Waals surface area contributed by atoms with Crippen LogP contribution in [0.15, 0.2) is 0 Å². The van der Waals surface area contributed by atoms with E-state index in [-0.39, 0.29) is 24.6 Å². The van der Waals surface area contributed by atoms with Crippen molar-refractivity contribution < 1.29 is 14.3 Å². The highest BCUT2D eigenvalue weighted by molar-refractivity contribution is 5.84. The number of methoxy groups -OCH3 is 1. The molecule has 0 aromatic rings. The fourth-order valence-electron chi connectivity index (χ4n) is 0.696. The minimum absolute atomic E-state index is 0.0438. The lowest BCUT2D eigenvalue weighted by molar-refractivity contribution is -0.141. The predicted molar refractivity (Wildman–Crippen MR) is 44.8 cm³/mol. The Morgan fingerprint density at radius 3 is 2.50 bits per heavy atom. The van der Waals surface area contributed by atoms with Gasteiger partial charge < -0.3 is 10.1 Å². The van der Waals surface area contributed by atoms with E-state index < -0.39 is 0 Å². The monoisotopic (exact) mass is 173 g/mol. The highest BCUT2D eigenvalue weighted by Crippen LogP contribution is 1.92. The molecule has 0 unspecified atom stereocenters. The Morgan fingerprint density at radius 2 is 2.00 bits per heavy atom. The molecule has 0 fully saturated rings. The molecule has 0 saturated carbocycles. The lowest BCUT2D eigenvalue weighted by Gasteiger charge is -1.99. The minimum Gasteiger partial charge on any atom is -0.469 e. The van der Waals surface area contributed by atoms with Crippen molar-refractivity contribution in [2.75, 3.05) is 20.2 Å². The summed E-state index contributed by atoms with van der Waals surface area (Å²) in [7, 11) is 1.32. The molecule has 0 aromatic heterocycles. The largest absolute Gasteiger partial charge is 0.469 e. The van der Waals surface area contributed by atoms with Gasteiger partial charge in [0.2, 0.25) is 0 Å². The summed E-state index contributed by atoms with van der Waals surface area (Å²) in [6, 6.07) is 0. The van der Waals surface area contributed by atoms with E-state index in [0.717, 1.165) is 6.54 Å². The first kappa shape index (κ1) is 11.1. The summed E-state index contributed by atoms with van der Waals surface area (Å²) in [5.41, 5.74) is 0. The van der Waals surface area contributed by atoms with Crippen molar-refractivity contribution in [1.82, 2.24) is 5.32 Å². The van der Waals surface area contributed by atoms with E-state index in [0.29, 0.717) is 6.54 Å². The van der Waals surface area contributed by atoms with Crippen LogP contribution in [0.25, 0.3) is 0 Å². The van der Waals surface area contributed by atoms with E-state index in [4.69, 9.17) is 0 Å². The zero-order chi connectivity index (χ0) is 9.40. The fraction of sp³-hybridized carbons (Fsp3) is 0.750. The molecule has 0 bridgehead atoms. The molecule has 0 spiro atoms. The summed E-state index contributed by atoms with van der Waals surface area (Å²) in [5.74, 6) is -0.290. The number of likely N-dealkylation sites (N-methyl/N-ethyl adjacent to an activating group) is 1. The van der Waals surface area contributed by atoms with Crippen molar-refractivity contribution in [3.63, 3.8) is 0 Å². The highest BCUT2D eigenvalue weighted by atomic mass is 16.5. The van der Waals surface area contributed by atoms with Crippen LogP contribution in [0.3, 0.4) is 0 Å². The van der Waals surface area contributed by atoms with Gasteiger partial charge in [0, 0.05) is 6.42 Å². The summed E-state index contributed by atoms with van der Waals surface area (Å²) in [6.45, 7) is 3.03. The van der Waals surface area contributed by atoms with Gasteiger partial charge in [-0.15, -0.1) is 0 Å². The summed E-state index contributed by atoms with van der Waals surface area (Å²) < 4.78 is 4.39. The second kappa shape index (κ2) is 6.79. The van der Waals surface area contributed by atoms with E-state index in [1.54, 1.807) is 0 Å². The maximum absolute atomic E-state index is 11.0. The molecule has 4 nitrogen and oxygen atoms in total. The van der Waals surface area contributed by atoms with Gasteiger partial charge in [-0.1, -0.05) is 6.92 Å². The first-order valence-corrected chi connectivity index (χ1v) is 4.00. The molecule has 0 aliphatic carbocycles. The van der Waals surface area contributed by atoms with Gasteiger partial charge in [-0.3, -0.25) is 9.59 Å². The summed E-state index contributed by atoms with van der Waals surface area (Å²) in [5, 5.41) is 2.89. The smallest absolute Gasteiger partial charge is 0.305 e. The van der Waals surface area contributed by atoms with E-state index in [1.165, 1.54) is 7.11 Å². The van der Waals surface area contributed by atoms with Crippen LogP contribution >= 0.6 is 0 Å². The maximum atomic E-state index is 11.0. The summed E-state index contributed by atoms with van der Waals surface area (Å²) >= 11 is 0. The second-order valence-corrected chi connectivity index (χ2v) is 2.40. The van der Waals surface area contributed by atoms with Gasteiger partial charge in [0.05, 0.1) is 20.1 Å². The Balaban J connectivity index is 3.37.